The van der Waals surface area contributed by atoms with E-state index in [1.807, 2.05) is 29.6 Å². The molecule has 2 aromatic heterocycles. The Morgan fingerprint density at radius 1 is 1.38 bits per heavy atom. The van der Waals surface area contributed by atoms with Crippen LogP contribution in [0.15, 0.2) is 24.7 Å². The highest BCUT2D eigenvalue weighted by atomic mass is 16.2. The van der Waals surface area contributed by atoms with Crippen LogP contribution in [-0.4, -0.2) is 43.8 Å². The lowest BCUT2D eigenvalue weighted by atomic mass is 9.87. The molecular weight excluding hydrogens is 330 g/mol. The van der Waals surface area contributed by atoms with Crippen LogP contribution in [0.4, 0.5) is 0 Å². The summed E-state index contributed by atoms with van der Waals surface area (Å²) >= 11 is 0. The fourth-order valence-corrected chi connectivity index (χ4v) is 3.99. The van der Waals surface area contributed by atoms with E-state index in [1.54, 1.807) is 18.5 Å². The second-order valence-electron chi connectivity index (χ2n) is 7.40. The Morgan fingerprint density at radius 3 is 2.81 bits per heavy atom. The molecule has 0 spiro atoms. The molecule has 2 amide bonds. The molecule has 2 atom stereocenters. The van der Waals surface area contributed by atoms with E-state index in [2.05, 4.69) is 15.3 Å². The third-order valence-electron chi connectivity index (χ3n) is 5.55. The molecule has 1 saturated carbocycles. The van der Waals surface area contributed by atoms with E-state index in [9.17, 15) is 9.59 Å². The molecule has 2 fully saturated rings. The molecule has 2 aliphatic rings. The number of aromatic nitrogens is 3. The fourth-order valence-electron chi connectivity index (χ4n) is 3.99. The van der Waals surface area contributed by atoms with Gasteiger partial charge in [-0.3, -0.25) is 9.59 Å². The smallest absolute Gasteiger partial charge is 0.253 e. The Labute approximate surface area is 152 Å². The van der Waals surface area contributed by atoms with Crippen molar-refractivity contribution in [3.63, 3.8) is 0 Å². The third kappa shape index (κ3) is 3.02. The van der Waals surface area contributed by atoms with Crippen LogP contribution in [0.2, 0.25) is 0 Å². The molecule has 2 aromatic rings. The SMILES string of the molecule is Cc1[nH]ccc1C(=O)NC[C@H]1CCC(=O)N(C2CC2)[C@@H]1c1nccn1C. The molecule has 0 aromatic carbocycles. The zero-order valence-corrected chi connectivity index (χ0v) is 15.2. The molecule has 7 heteroatoms. The molecule has 7 nitrogen and oxygen atoms in total. The van der Waals surface area contributed by atoms with E-state index in [0.717, 1.165) is 30.8 Å². The van der Waals surface area contributed by atoms with Gasteiger partial charge in [0.05, 0.1) is 11.6 Å². The third-order valence-corrected chi connectivity index (χ3v) is 5.55. The van der Waals surface area contributed by atoms with Gasteiger partial charge >= 0.3 is 0 Å². The molecule has 1 aliphatic carbocycles. The number of hydrogen-bond acceptors (Lipinski definition) is 3. The van der Waals surface area contributed by atoms with Crippen LogP contribution in [-0.2, 0) is 11.8 Å². The number of imidazole rings is 1. The van der Waals surface area contributed by atoms with Gasteiger partial charge in [-0.15, -0.1) is 0 Å². The average Bonchev–Trinajstić information content (AvgIpc) is 3.23. The summed E-state index contributed by atoms with van der Waals surface area (Å²) in [6, 6.07) is 2.05. The van der Waals surface area contributed by atoms with Crippen molar-refractivity contribution in [1.29, 1.82) is 0 Å². The van der Waals surface area contributed by atoms with E-state index in [-0.39, 0.29) is 23.8 Å². The molecule has 0 radical (unpaired) electrons. The van der Waals surface area contributed by atoms with Crippen LogP contribution in [0.25, 0.3) is 0 Å². The highest BCUT2D eigenvalue weighted by Gasteiger charge is 2.45. The summed E-state index contributed by atoms with van der Waals surface area (Å²) in [7, 11) is 1.96. The lowest BCUT2D eigenvalue weighted by molar-refractivity contribution is -0.140. The van der Waals surface area contributed by atoms with Crippen molar-refractivity contribution in [3.05, 3.63) is 41.7 Å². The number of amides is 2. The number of rotatable bonds is 5. The van der Waals surface area contributed by atoms with Gasteiger partial charge in [-0.05, 0) is 32.3 Å². The van der Waals surface area contributed by atoms with Gasteiger partial charge in [0.1, 0.15) is 5.82 Å². The number of likely N-dealkylation sites (tertiary alicyclic amines) is 1. The van der Waals surface area contributed by atoms with Crippen LogP contribution in [0, 0.1) is 12.8 Å². The molecule has 3 heterocycles. The number of hydrogen-bond donors (Lipinski definition) is 2. The summed E-state index contributed by atoms with van der Waals surface area (Å²) in [6.45, 7) is 2.43. The topological polar surface area (TPSA) is 83.0 Å². The number of piperidine rings is 1. The number of aromatic amines is 1. The van der Waals surface area contributed by atoms with Gasteiger partial charge in [0, 0.05) is 56.3 Å². The fraction of sp³-hybridized carbons (Fsp3) is 0.526. The number of H-pyrrole nitrogens is 1. The molecule has 0 bridgehead atoms. The second-order valence-corrected chi connectivity index (χ2v) is 7.40. The average molecular weight is 355 g/mol. The predicted octanol–water partition coefficient (Wildman–Crippen LogP) is 1.93. The van der Waals surface area contributed by atoms with E-state index in [4.69, 9.17) is 0 Å². The van der Waals surface area contributed by atoms with Crippen LogP contribution in [0.1, 0.15) is 53.6 Å². The summed E-state index contributed by atoms with van der Waals surface area (Å²) in [5.74, 6) is 1.21. The van der Waals surface area contributed by atoms with Crippen LogP contribution in [0.3, 0.4) is 0 Å². The maximum absolute atomic E-state index is 12.6. The van der Waals surface area contributed by atoms with Crippen LogP contribution >= 0.6 is 0 Å². The van der Waals surface area contributed by atoms with E-state index >= 15 is 0 Å². The van der Waals surface area contributed by atoms with Gasteiger partial charge in [-0.2, -0.15) is 0 Å². The molecule has 2 N–H and O–H groups in total. The van der Waals surface area contributed by atoms with Crippen molar-refractivity contribution in [2.45, 2.75) is 44.7 Å². The minimum Gasteiger partial charge on any atom is -0.365 e. The first kappa shape index (κ1) is 16.9. The normalized spacial score (nSPS) is 23.3. The molecule has 26 heavy (non-hydrogen) atoms. The quantitative estimate of drug-likeness (QED) is 0.860. The molecule has 1 saturated heterocycles. The van der Waals surface area contributed by atoms with Crippen molar-refractivity contribution in [1.82, 2.24) is 24.8 Å². The Kier molecular flexibility index (Phi) is 4.30. The molecule has 0 unspecified atom stereocenters. The van der Waals surface area contributed by atoms with Crippen molar-refractivity contribution >= 4 is 11.8 Å². The van der Waals surface area contributed by atoms with Gasteiger partial charge < -0.3 is 19.8 Å². The second kappa shape index (κ2) is 6.63. The number of carbonyl (C=O) groups is 2. The minimum absolute atomic E-state index is 0.0720. The maximum Gasteiger partial charge on any atom is 0.253 e. The van der Waals surface area contributed by atoms with Crippen LogP contribution < -0.4 is 5.32 Å². The zero-order valence-electron chi connectivity index (χ0n) is 15.2. The lowest BCUT2D eigenvalue weighted by Crippen LogP contribution is -2.48. The van der Waals surface area contributed by atoms with E-state index in [0.29, 0.717) is 24.6 Å². The predicted molar refractivity (Wildman–Crippen MR) is 96.4 cm³/mol. The van der Waals surface area contributed by atoms with Gasteiger partial charge in [0.25, 0.3) is 5.91 Å². The zero-order chi connectivity index (χ0) is 18.3. The number of carbonyl (C=O) groups excluding carboxylic acids is 2. The Hall–Kier alpha value is -2.57. The lowest BCUT2D eigenvalue weighted by Gasteiger charge is -2.41. The minimum atomic E-state index is -0.0728. The molecular formula is C19H25N5O2. The van der Waals surface area contributed by atoms with Crippen LogP contribution in [0.5, 0.6) is 0 Å². The Morgan fingerprint density at radius 2 is 2.19 bits per heavy atom. The highest BCUT2D eigenvalue weighted by Crippen LogP contribution is 2.42. The summed E-state index contributed by atoms with van der Waals surface area (Å²) in [5.41, 5.74) is 1.53. The monoisotopic (exact) mass is 355 g/mol. The summed E-state index contributed by atoms with van der Waals surface area (Å²) in [6.07, 6.45) is 8.90. The summed E-state index contributed by atoms with van der Waals surface area (Å²) in [5, 5.41) is 3.07. The number of aryl methyl sites for hydroxylation is 2. The summed E-state index contributed by atoms with van der Waals surface area (Å²) in [4.78, 5) is 34.7. The van der Waals surface area contributed by atoms with Gasteiger partial charge in [0.2, 0.25) is 5.91 Å². The first-order chi connectivity index (χ1) is 12.6. The first-order valence-electron chi connectivity index (χ1n) is 9.27. The van der Waals surface area contributed by atoms with Crippen molar-refractivity contribution in [2.75, 3.05) is 6.54 Å². The Bertz CT molecular complexity index is 820. The molecule has 1 aliphatic heterocycles. The largest absolute Gasteiger partial charge is 0.365 e. The standard InChI is InChI=1S/C19H25N5O2/c1-12-15(7-8-20-12)19(26)22-11-13-3-6-16(25)24(14-4-5-14)17(13)18-21-9-10-23(18)2/h7-10,13-14,17,20H,3-6,11H2,1-2H3,(H,22,26)/t13-,17+/m1/s1. The van der Waals surface area contributed by atoms with Gasteiger partial charge in [-0.25, -0.2) is 4.98 Å². The van der Waals surface area contributed by atoms with E-state index < -0.39 is 0 Å². The summed E-state index contributed by atoms with van der Waals surface area (Å²) < 4.78 is 1.99. The molecule has 138 valence electrons. The van der Waals surface area contributed by atoms with Crippen molar-refractivity contribution < 1.29 is 9.59 Å². The number of nitrogens with one attached hydrogen (secondary N) is 2. The Balaban J connectivity index is 1.55. The number of nitrogens with zero attached hydrogens (tertiary/aromatic N) is 3. The first-order valence-corrected chi connectivity index (χ1v) is 9.27. The highest BCUT2D eigenvalue weighted by molar-refractivity contribution is 5.95. The molecule has 4 rings (SSSR count). The van der Waals surface area contributed by atoms with Crippen molar-refractivity contribution in [2.24, 2.45) is 13.0 Å². The van der Waals surface area contributed by atoms with Crippen molar-refractivity contribution in [3.8, 4) is 0 Å². The van der Waals surface area contributed by atoms with Gasteiger partial charge in [-0.1, -0.05) is 0 Å². The van der Waals surface area contributed by atoms with E-state index in [1.165, 1.54) is 0 Å². The maximum atomic E-state index is 12.6. The van der Waals surface area contributed by atoms with Gasteiger partial charge in [0.15, 0.2) is 0 Å².